The molecule has 0 saturated carbocycles. The zero-order valence-corrected chi connectivity index (χ0v) is 14.3. The number of hydrogen-bond acceptors (Lipinski definition) is 5. The SMILES string of the molecule is COC(=O)Nc1ccc2c(c1)NC(=O)CCCC[C@H](N)c1nc-2c(F)[nH]1. The Kier molecular flexibility index (Phi) is 5.17. The molecule has 8 nitrogen and oxygen atoms in total. The first kappa shape index (κ1) is 17.9. The van der Waals surface area contributed by atoms with Crippen LogP contribution in [0.5, 0.6) is 0 Å². The van der Waals surface area contributed by atoms with Crippen LogP contribution in [-0.4, -0.2) is 29.1 Å². The molecule has 2 bridgehead atoms. The lowest BCUT2D eigenvalue weighted by atomic mass is 10.1. The third kappa shape index (κ3) is 3.83. The molecule has 26 heavy (non-hydrogen) atoms. The van der Waals surface area contributed by atoms with Gasteiger partial charge in [0, 0.05) is 17.7 Å². The van der Waals surface area contributed by atoms with Gasteiger partial charge in [0.25, 0.3) is 0 Å². The smallest absolute Gasteiger partial charge is 0.411 e. The van der Waals surface area contributed by atoms with Crippen LogP contribution in [0.15, 0.2) is 18.2 Å². The van der Waals surface area contributed by atoms with Gasteiger partial charge in [-0.05, 0) is 31.0 Å². The number of halogens is 1. The van der Waals surface area contributed by atoms with Crippen LogP contribution in [-0.2, 0) is 9.53 Å². The minimum absolute atomic E-state index is 0.0657. The topological polar surface area (TPSA) is 122 Å². The van der Waals surface area contributed by atoms with Gasteiger partial charge < -0.3 is 20.8 Å². The maximum absolute atomic E-state index is 14.4. The average molecular weight is 361 g/mol. The average Bonchev–Trinajstić information content (AvgIpc) is 2.99. The van der Waals surface area contributed by atoms with E-state index in [-0.39, 0.29) is 11.6 Å². The molecule has 2 aromatic rings. The van der Waals surface area contributed by atoms with Crippen molar-refractivity contribution in [2.45, 2.75) is 31.7 Å². The van der Waals surface area contributed by atoms with E-state index in [1.54, 1.807) is 12.1 Å². The number of aromatic amines is 1. The predicted molar refractivity (Wildman–Crippen MR) is 94.0 cm³/mol. The summed E-state index contributed by atoms with van der Waals surface area (Å²) in [5.74, 6) is -0.460. The fourth-order valence-electron chi connectivity index (χ4n) is 2.82. The molecule has 0 unspecified atom stereocenters. The van der Waals surface area contributed by atoms with Crippen LogP contribution < -0.4 is 16.4 Å². The van der Waals surface area contributed by atoms with E-state index >= 15 is 0 Å². The first-order chi connectivity index (χ1) is 12.5. The van der Waals surface area contributed by atoms with E-state index in [9.17, 15) is 14.0 Å². The predicted octanol–water partition coefficient (Wildman–Crippen LogP) is 2.91. The number of fused-ring (bicyclic) bond motifs is 4. The highest BCUT2D eigenvalue weighted by Crippen LogP contribution is 2.33. The van der Waals surface area contributed by atoms with Crippen LogP contribution in [0.1, 0.15) is 37.5 Å². The second-order valence-corrected chi connectivity index (χ2v) is 6.06. The Morgan fingerprint density at radius 3 is 3.00 bits per heavy atom. The van der Waals surface area contributed by atoms with Gasteiger partial charge in [-0.25, -0.2) is 9.78 Å². The number of H-pyrrole nitrogens is 1. The van der Waals surface area contributed by atoms with Crippen LogP contribution in [0.3, 0.4) is 0 Å². The van der Waals surface area contributed by atoms with Gasteiger partial charge in [0.15, 0.2) is 0 Å². The Morgan fingerprint density at radius 1 is 1.42 bits per heavy atom. The minimum Gasteiger partial charge on any atom is -0.453 e. The summed E-state index contributed by atoms with van der Waals surface area (Å²) in [6.45, 7) is 0. The maximum atomic E-state index is 14.4. The fraction of sp³-hybridized carbons (Fsp3) is 0.353. The quantitative estimate of drug-likeness (QED) is 0.622. The van der Waals surface area contributed by atoms with Crippen molar-refractivity contribution in [1.82, 2.24) is 9.97 Å². The molecule has 1 aromatic carbocycles. The molecule has 1 aliphatic rings. The van der Waals surface area contributed by atoms with Crippen molar-refractivity contribution in [3.63, 3.8) is 0 Å². The number of amides is 2. The van der Waals surface area contributed by atoms with Gasteiger partial charge in [0.05, 0.1) is 18.8 Å². The number of nitrogens with zero attached hydrogens (tertiary/aromatic N) is 1. The Hall–Kier alpha value is -2.94. The van der Waals surface area contributed by atoms with Gasteiger partial charge in [-0.1, -0.05) is 6.42 Å². The molecule has 2 heterocycles. The standard InChI is InChI=1S/C17H20FN5O3/c1-26-17(25)20-9-6-7-10-12(8-9)21-13(24)5-3-2-4-11(19)16-22-14(10)15(18)23-16/h6-8,11H,2-5,19H2,1H3,(H,20,25)(H,21,24)(H,22,23)/t11-/m0/s1. The number of ether oxygens (including phenoxy) is 1. The van der Waals surface area contributed by atoms with Crippen LogP contribution in [0.25, 0.3) is 11.3 Å². The summed E-state index contributed by atoms with van der Waals surface area (Å²) in [6, 6.07) is 4.25. The second kappa shape index (κ2) is 7.52. The van der Waals surface area contributed by atoms with Crippen LogP contribution >= 0.6 is 0 Å². The molecule has 138 valence electrons. The number of benzene rings is 1. The zero-order valence-electron chi connectivity index (χ0n) is 14.3. The first-order valence-electron chi connectivity index (χ1n) is 8.28. The highest BCUT2D eigenvalue weighted by molar-refractivity contribution is 5.97. The van der Waals surface area contributed by atoms with Gasteiger partial charge in [-0.3, -0.25) is 10.1 Å². The molecule has 0 radical (unpaired) electrons. The molecule has 1 atom stereocenters. The lowest BCUT2D eigenvalue weighted by Gasteiger charge is -2.14. The summed E-state index contributed by atoms with van der Waals surface area (Å²) in [4.78, 5) is 30.5. The first-order valence-corrected chi connectivity index (χ1v) is 8.28. The number of rotatable bonds is 1. The summed E-state index contributed by atoms with van der Waals surface area (Å²) in [7, 11) is 1.24. The van der Waals surface area contributed by atoms with Gasteiger partial charge in [0.2, 0.25) is 11.9 Å². The number of aromatic nitrogens is 2. The Balaban J connectivity index is 2.06. The second-order valence-electron chi connectivity index (χ2n) is 6.06. The number of nitrogens with one attached hydrogen (secondary N) is 3. The molecule has 3 rings (SSSR count). The van der Waals surface area contributed by atoms with Gasteiger partial charge >= 0.3 is 6.09 Å². The lowest BCUT2D eigenvalue weighted by molar-refractivity contribution is -0.116. The van der Waals surface area contributed by atoms with E-state index in [1.807, 2.05) is 0 Å². The van der Waals surface area contributed by atoms with E-state index in [0.717, 1.165) is 6.42 Å². The number of carbonyl (C=O) groups is 2. The van der Waals surface area contributed by atoms with Gasteiger partial charge in [-0.15, -0.1) is 0 Å². The highest BCUT2D eigenvalue weighted by atomic mass is 19.1. The third-order valence-corrected chi connectivity index (χ3v) is 4.18. The molecule has 1 aliphatic heterocycles. The Labute approximate surface area is 149 Å². The number of imidazole rings is 1. The molecule has 5 N–H and O–H groups in total. The number of hydrogen-bond donors (Lipinski definition) is 4. The molecule has 0 fully saturated rings. The van der Waals surface area contributed by atoms with Crippen LogP contribution in [0.4, 0.5) is 20.6 Å². The molecule has 1 aromatic heterocycles. The monoisotopic (exact) mass is 361 g/mol. The highest BCUT2D eigenvalue weighted by Gasteiger charge is 2.21. The minimum atomic E-state index is -0.649. The summed E-state index contributed by atoms with van der Waals surface area (Å²) in [5, 5.41) is 5.28. The van der Waals surface area contributed by atoms with E-state index in [2.05, 4.69) is 25.3 Å². The molecule has 0 spiro atoms. The number of methoxy groups -OCH3 is 1. The molecule has 0 aliphatic carbocycles. The molecule has 0 saturated heterocycles. The van der Waals surface area contributed by atoms with Crippen molar-refractivity contribution in [1.29, 1.82) is 0 Å². The van der Waals surface area contributed by atoms with Crippen molar-refractivity contribution < 1.29 is 18.7 Å². The summed E-state index contributed by atoms with van der Waals surface area (Å²) in [6.07, 6.45) is 1.66. The number of anilines is 2. The maximum Gasteiger partial charge on any atom is 0.411 e. The van der Waals surface area contributed by atoms with Gasteiger partial charge in [-0.2, -0.15) is 4.39 Å². The summed E-state index contributed by atoms with van der Waals surface area (Å²) in [5.41, 5.74) is 7.26. The van der Waals surface area contributed by atoms with Crippen LogP contribution in [0, 0.1) is 5.95 Å². The fourth-order valence-corrected chi connectivity index (χ4v) is 2.82. The van der Waals surface area contributed by atoms with E-state index in [1.165, 1.54) is 13.2 Å². The molecular weight excluding hydrogens is 341 g/mol. The molecule has 2 amide bonds. The summed E-state index contributed by atoms with van der Waals surface area (Å²) >= 11 is 0. The van der Waals surface area contributed by atoms with Crippen LogP contribution in [0.2, 0.25) is 0 Å². The Bertz CT molecular complexity index is 836. The van der Waals surface area contributed by atoms with Crippen molar-refractivity contribution in [3.8, 4) is 11.3 Å². The van der Waals surface area contributed by atoms with Crippen molar-refractivity contribution in [2.24, 2.45) is 5.73 Å². The van der Waals surface area contributed by atoms with E-state index in [0.29, 0.717) is 42.0 Å². The number of carbonyl (C=O) groups excluding carboxylic acids is 2. The molecular formula is C17H20FN5O3. The largest absolute Gasteiger partial charge is 0.453 e. The van der Waals surface area contributed by atoms with E-state index < -0.39 is 18.1 Å². The molecule has 9 heteroatoms. The third-order valence-electron chi connectivity index (χ3n) is 4.18. The van der Waals surface area contributed by atoms with Gasteiger partial charge in [0.1, 0.15) is 11.5 Å². The zero-order chi connectivity index (χ0) is 18.7. The summed E-state index contributed by atoms with van der Waals surface area (Å²) < 4.78 is 19.0. The van der Waals surface area contributed by atoms with Crippen molar-refractivity contribution in [3.05, 3.63) is 30.0 Å². The lowest BCUT2D eigenvalue weighted by Crippen LogP contribution is -2.15. The normalized spacial score (nSPS) is 17.3. The van der Waals surface area contributed by atoms with Crippen molar-refractivity contribution in [2.75, 3.05) is 17.7 Å². The van der Waals surface area contributed by atoms with Crippen molar-refractivity contribution >= 4 is 23.4 Å². The Morgan fingerprint density at radius 2 is 2.23 bits per heavy atom. The number of nitrogens with two attached hydrogens (primary N) is 1. The van der Waals surface area contributed by atoms with E-state index in [4.69, 9.17) is 5.73 Å².